The molecule has 0 aliphatic carbocycles. The van der Waals surface area contributed by atoms with Crippen LogP contribution in [0.3, 0.4) is 0 Å². The lowest BCUT2D eigenvalue weighted by atomic mass is 9.98. The molecule has 1 fully saturated rings. The summed E-state index contributed by atoms with van der Waals surface area (Å²) < 4.78 is 44.3. The molecule has 0 unspecified atom stereocenters. The first-order chi connectivity index (χ1) is 17.6. The summed E-state index contributed by atoms with van der Waals surface area (Å²) in [5.41, 5.74) is 9.86. The van der Waals surface area contributed by atoms with Gasteiger partial charge in [-0.15, -0.1) is 0 Å². The second kappa shape index (κ2) is 13.4. The number of hydrogen-bond acceptors (Lipinski definition) is 5. The number of carbonyl (C=O) groups excluding carboxylic acids is 2. The van der Waals surface area contributed by atoms with Gasteiger partial charge in [0.15, 0.2) is 0 Å². The van der Waals surface area contributed by atoms with Crippen LogP contribution in [0, 0.1) is 6.92 Å². The van der Waals surface area contributed by atoms with Crippen molar-refractivity contribution in [2.24, 2.45) is 5.73 Å². The SMILES string of the molecule is CC=O.COc1cc(C)c2[nH]ccc2c1CN1CCN(CCC(F)(F)F)C[C@H]1c1ccc(C(N)=O)cc1.O.[HH].[HH]. The van der Waals surface area contributed by atoms with Crippen LogP contribution in [0.4, 0.5) is 13.2 Å². The highest BCUT2D eigenvalue weighted by Gasteiger charge is 2.33. The Morgan fingerprint density at radius 1 is 1.24 bits per heavy atom. The number of rotatable bonds is 7. The van der Waals surface area contributed by atoms with Gasteiger partial charge in [-0.25, -0.2) is 0 Å². The average Bonchev–Trinajstić information content (AvgIpc) is 3.36. The molecule has 1 aromatic heterocycles. The number of H-pyrrole nitrogens is 1. The molecular weight excluding hydrogens is 501 g/mol. The summed E-state index contributed by atoms with van der Waals surface area (Å²) in [6.45, 7) is 5.60. The van der Waals surface area contributed by atoms with Crippen molar-refractivity contribution in [3.63, 3.8) is 0 Å². The third-order valence-electron chi connectivity index (χ3n) is 6.56. The lowest BCUT2D eigenvalue weighted by molar-refractivity contribution is -0.139. The van der Waals surface area contributed by atoms with Gasteiger partial charge in [-0.05, 0) is 49.2 Å². The summed E-state index contributed by atoms with van der Waals surface area (Å²) >= 11 is 0. The Hall–Kier alpha value is -3.41. The molecule has 1 amide bonds. The van der Waals surface area contributed by atoms with E-state index in [0.29, 0.717) is 31.7 Å². The van der Waals surface area contributed by atoms with Gasteiger partial charge < -0.3 is 25.7 Å². The average molecular weight is 541 g/mol. The standard InChI is InChI=1S/C25H29F3N4O2.C2H4O.H2O.2H2/c1-16-13-22(34-2)20(19-7-9-30-23(16)19)14-32-12-11-31(10-8-25(26,27)28)15-21(32)17-3-5-18(6-4-17)24(29)33;1-2-3;;;/h3-7,9,13,21,30H,8,10-12,14-15H2,1-2H3,(H2,29,33);2H,1H3;1H2;2*1H/t21-;;;;/m0..../s1. The van der Waals surface area contributed by atoms with E-state index in [4.69, 9.17) is 15.3 Å². The topological polar surface area (TPSA) is 123 Å². The number of primary amides is 1. The fraction of sp³-hybridized carbons (Fsp3) is 0.407. The number of benzene rings is 2. The van der Waals surface area contributed by atoms with E-state index < -0.39 is 18.5 Å². The molecule has 4 rings (SSSR count). The lowest BCUT2D eigenvalue weighted by Crippen LogP contribution is -2.48. The van der Waals surface area contributed by atoms with Crippen LogP contribution in [-0.2, 0) is 11.3 Å². The monoisotopic (exact) mass is 540 g/mol. The van der Waals surface area contributed by atoms with Gasteiger partial charge in [-0.2, -0.15) is 13.2 Å². The van der Waals surface area contributed by atoms with Crippen molar-refractivity contribution < 1.29 is 35.8 Å². The molecule has 1 saturated heterocycles. The van der Waals surface area contributed by atoms with Crippen LogP contribution >= 0.6 is 0 Å². The van der Waals surface area contributed by atoms with Gasteiger partial charge in [-0.3, -0.25) is 14.6 Å². The Bertz CT molecular complexity index is 1220. The molecule has 8 nitrogen and oxygen atoms in total. The number of methoxy groups -OCH3 is 1. The third kappa shape index (κ3) is 7.56. The number of fused-ring (bicyclic) bond motifs is 1. The van der Waals surface area contributed by atoms with Crippen molar-refractivity contribution in [2.45, 2.75) is 39.0 Å². The number of halogens is 3. The minimum absolute atomic E-state index is 0. The molecule has 0 saturated carbocycles. The van der Waals surface area contributed by atoms with Gasteiger partial charge in [0.1, 0.15) is 12.0 Å². The Morgan fingerprint density at radius 3 is 2.47 bits per heavy atom. The summed E-state index contributed by atoms with van der Waals surface area (Å²) in [4.78, 5) is 27.7. The van der Waals surface area contributed by atoms with E-state index in [-0.39, 0.29) is 20.9 Å². The highest BCUT2D eigenvalue weighted by molar-refractivity contribution is 5.92. The van der Waals surface area contributed by atoms with Gasteiger partial charge >= 0.3 is 6.18 Å². The van der Waals surface area contributed by atoms with E-state index in [9.17, 15) is 18.0 Å². The first kappa shape index (κ1) is 30.8. The number of carbonyl (C=O) groups is 2. The number of nitrogens with one attached hydrogen (secondary N) is 1. The number of ether oxygens (including phenoxy) is 1. The number of alkyl halides is 3. The molecule has 1 aliphatic rings. The molecule has 11 heteroatoms. The number of aldehydes is 1. The van der Waals surface area contributed by atoms with Gasteiger partial charge in [0.2, 0.25) is 5.91 Å². The molecule has 5 N–H and O–H groups in total. The minimum Gasteiger partial charge on any atom is -0.496 e. The Kier molecular flexibility index (Phi) is 10.9. The maximum Gasteiger partial charge on any atom is 0.390 e. The van der Waals surface area contributed by atoms with Crippen molar-refractivity contribution in [1.29, 1.82) is 0 Å². The van der Waals surface area contributed by atoms with Gasteiger partial charge in [-0.1, -0.05) is 12.1 Å². The maximum atomic E-state index is 12.9. The first-order valence-electron chi connectivity index (χ1n) is 12.0. The number of nitrogens with two attached hydrogens (primary N) is 1. The number of amides is 1. The van der Waals surface area contributed by atoms with Crippen molar-refractivity contribution >= 4 is 23.1 Å². The predicted molar refractivity (Wildman–Crippen MR) is 144 cm³/mol. The van der Waals surface area contributed by atoms with E-state index in [0.717, 1.165) is 39.6 Å². The number of piperazine rings is 1. The fourth-order valence-corrected chi connectivity index (χ4v) is 4.72. The molecule has 212 valence electrons. The van der Waals surface area contributed by atoms with E-state index in [1.807, 2.05) is 42.3 Å². The van der Waals surface area contributed by atoms with E-state index in [1.54, 1.807) is 19.2 Å². The molecule has 1 aliphatic heterocycles. The van der Waals surface area contributed by atoms with E-state index in [1.165, 1.54) is 6.92 Å². The normalized spacial score (nSPS) is 16.3. The zero-order valence-corrected chi connectivity index (χ0v) is 21.8. The number of aryl methyl sites for hydroxylation is 1. The highest BCUT2D eigenvalue weighted by atomic mass is 19.4. The largest absolute Gasteiger partial charge is 0.496 e. The fourth-order valence-electron chi connectivity index (χ4n) is 4.72. The van der Waals surface area contributed by atoms with Gasteiger partial charge in [0.05, 0.1) is 13.5 Å². The second-order valence-corrected chi connectivity index (χ2v) is 9.01. The molecule has 38 heavy (non-hydrogen) atoms. The lowest BCUT2D eigenvalue weighted by Gasteiger charge is -2.42. The molecule has 2 heterocycles. The van der Waals surface area contributed by atoms with Crippen LogP contribution in [0.2, 0.25) is 0 Å². The van der Waals surface area contributed by atoms with Crippen LogP contribution < -0.4 is 10.5 Å². The van der Waals surface area contributed by atoms with Crippen molar-refractivity contribution in [3.8, 4) is 5.75 Å². The molecule has 2 aromatic carbocycles. The number of hydrogen-bond donors (Lipinski definition) is 2. The minimum atomic E-state index is -4.19. The van der Waals surface area contributed by atoms with Crippen molar-refractivity contribution in [2.75, 3.05) is 33.3 Å². The zero-order valence-electron chi connectivity index (χ0n) is 21.8. The molecule has 0 bridgehead atoms. The van der Waals surface area contributed by atoms with Crippen LogP contribution in [0.25, 0.3) is 10.9 Å². The first-order valence-corrected chi connectivity index (χ1v) is 12.0. The molecule has 0 spiro atoms. The number of aromatic amines is 1. The Labute approximate surface area is 222 Å². The summed E-state index contributed by atoms with van der Waals surface area (Å²) in [5.74, 6) is 0.269. The smallest absolute Gasteiger partial charge is 0.390 e. The molecule has 0 radical (unpaired) electrons. The summed E-state index contributed by atoms with van der Waals surface area (Å²) in [5, 5.41) is 1.07. The number of aromatic nitrogens is 1. The van der Waals surface area contributed by atoms with Crippen molar-refractivity contribution in [3.05, 3.63) is 64.8 Å². The summed E-state index contributed by atoms with van der Waals surface area (Å²) in [6.07, 6.45) is -2.38. The van der Waals surface area contributed by atoms with Crippen LogP contribution in [0.15, 0.2) is 42.6 Å². The number of nitrogens with zero attached hydrogens (tertiary/aromatic N) is 2. The van der Waals surface area contributed by atoms with Gasteiger partial charge in [0.25, 0.3) is 0 Å². The maximum absolute atomic E-state index is 12.9. The van der Waals surface area contributed by atoms with E-state index in [2.05, 4.69) is 9.88 Å². The molecule has 1 atom stereocenters. The Morgan fingerprint density at radius 2 is 1.89 bits per heavy atom. The Balaban J connectivity index is 0.00000243. The van der Waals surface area contributed by atoms with Crippen LogP contribution in [0.1, 0.15) is 49.3 Å². The van der Waals surface area contributed by atoms with E-state index >= 15 is 0 Å². The van der Waals surface area contributed by atoms with Gasteiger partial charge in [0, 0.05) is 69.8 Å². The summed E-state index contributed by atoms with van der Waals surface area (Å²) in [7, 11) is 1.64. The second-order valence-electron chi connectivity index (χ2n) is 9.01. The molecular formula is C27H39F3N4O4. The van der Waals surface area contributed by atoms with Crippen LogP contribution in [-0.4, -0.2) is 71.9 Å². The molecule has 3 aromatic rings. The van der Waals surface area contributed by atoms with Crippen LogP contribution in [0.5, 0.6) is 5.75 Å². The third-order valence-corrected chi connectivity index (χ3v) is 6.56. The van der Waals surface area contributed by atoms with Crippen molar-refractivity contribution in [1.82, 2.24) is 14.8 Å². The highest BCUT2D eigenvalue weighted by Crippen LogP contribution is 2.35. The quantitative estimate of drug-likeness (QED) is 0.434. The predicted octanol–water partition coefficient (Wildman–Crippen LogP) is 4.27. The zero-order chi connectivity index (χ0) is 27.2. The summed E-state index contributed by atoms with van der Waals surface area (Å²) in [6, 6.07) is 10.9.